The minimum absolute atomic E-state index is 0.0441. The number of aromatic amines is 1. The summed E-state index contributed by atoms with van der Waals surface area (Å²) in [6.45, 7) is 6.06. The monoisotopic (exact) mass is 272 g/mol. The average Bonchev–Trinajstić information content (AvgIpc) is 2.47. The number of hydrogen-bond donors (Lipinski definition) is 2. The number of rotatable bonds is 6. The Hall–Kier alpha value is -2.07. The van der Waals surface area contributed by atoms with Crippen LogP contribution in [-0.2, 0) is 6.54 Å². The number of nitrogens with one attached hydrogen (secondary N) is 2. The maximum absolute atomic E-state index is 12.0. The molecule has 0 spiro atoms. The molecule has 0 amide bonds. The Bertz CT molecular complexity index is 603. The summed E-state index contributed by atoms with van der Waals surface area (Å²) in [5.74, 6) is 0.836. The van der Waals surface area contributed by atoms with Crippen LogP contribution in [0, 0.1) is 0 Å². The van der Waals surface area contributed by atoms with Crippen LogP contribution in [-0.4, -0.2) is 18.1 Å². The van der Waals surface area contributed by atoms with Crippen molar-refractivity contribution in [3.63, 3.8) is 0 Å². The number of ether oxygens (including phenoxy) is 1. The standard InChI is InChI=1S/C16H20N2O2/c1-3-17-11-13-7-10-15(18-16(13)19)12-5-8-14(9-6-12)20-4-2/h5-10,17H,3-4,11H2,1-2H3,(H,18,19). The molecule has 0 saturated heterocycles. The third-order valence-electron chi connectivity index (χ3n) is 3.03. The van der Waals surface area contributed by atoms with Crippen molar-refractivity contribution in [1.82, 2.24) is 10.3 Å². The van der Waals surface area contributed by atoms with Crippen LogP contribution in [0.25, 0.3) is 11.3 Å². The highest BCUT2D eigenvalue weighted by Gasteiger charge is 2.03. The Labute approximate surface area is 118 Å². The van der Waals surface area contributed by atoms with E-state index < -0.39 is 0 Å². The Kier molecular flexibility index (Phi) is 4.96. The Morgan fingerprint density at radius 1 is 1.10 bits per heavy atom. The molecule has 0 bridgehead atoms. The fraction of sp³-hybridized carbons (Fsp3) is 0.312. The van der Waals surface area contributed by atoms with Crippen molar-refractivity contribution in [3.8, 4) is 17.0 Å². The number of pyridine rings is 1. The lowest BCUT2D eigenvalue weighted by Crippen LogP contribution is -2.20. The van der Waals surface area contributed by atoms with E-state index in [4.69, 9.17) is 4.74 Å². The predicted octanol–water partition coefficient (Wildman–Crippen LogP) is 2.55. The zero-order valence-corrected chi connectivity index (χ0v) is 11.9. The fourth-order valence-corrected chi connectivity index (χ4v) is 1.97. The molecule has 0 radical (unpaired) electrons. The van der Waals surface area contributed by atoms with Gasteiger partial charge in [0.25, 0.3) is 5.56 Å². The molecule has 0 atom stereocenters. The molecule has 0 unspecified atom stereocenters. The van der Waals surface area contributed by atoms with Gasteiger partial charge in [-0.25, -0.2) is 0 Å². The topological polar surface area (TPSA) is 54.1 Å². The summed E-state index contributed by atoms with van der Waals surface area (Å²) in [4.78, 5) is 14.9. The summed E-state index contributed by atoms with van der Waals surface area (Å²) >= 11 is 0. The fourth-order valence-electron chi connectivity index (χ4n) is 1.97. The Morgan fingerprint density at radius 3 is 2.45 bits per heavy atom. The SMILES string of the molecule is CCNCc1ccc(-c2ccc(OCC)cc2)[nH]c1=O. The van der Waals surface area contributed by atoms with Gasteiger partial charge >= 0.3 is 0 Å². The van der Waals surface area contributed by atoms with Crippen LogP contribution < -0.4 is 15.6 Å². The van der Waals surface area contributed by atoms with E-state index in [0.717, 1.165) is 29.1 Å². The normalized spacial score (nSPS) is 10.5. The molecule has 2 N–H and O–H groups in total. The van der Waals surface area contributed by atoms with E-state index in [1.54, 1.807) is 0 Å². The molecule has 2 aromatic rings. The maximum atomic E-state index is 12.0. The van der Waals surface area contributed by atoms with Crippen molar-refractivity contribution in [3.05, 3.63) is 52.3 Å². The van der Waals surface area contributed by atoms with Crippen LogP contribution in [0.15, 0.2) is 41.2 Å². The first-order chi connectivity index (χ1) is 9.74. The van der Waals surface area contributed by atoms with Gasteiger partial charge < -0.3 is 15.0 Å². The van der Waals surface area contributed by atoms with E-state index in [1.165, 1.54) is 0 Å². The van der Waals surface area contributed by atoms with E-state index in [2.05, 4.69) is 10.3 Å². The molecule has 4 heteroatoms. The summed E-state index contributed by atoms with van der Waals surface area (Å²) in [6.07, 6.45) is 0. The summed E-state index contributed by atoms with van der Waals surface area (Å²) in [5.41, 5.74) is 2.50. The summed E-state index contributed by atoms with van der Waals surface area (Å²) in [5, 5.41) is 3.15. The van der Waals surface area contributed by atoms with Crippen LogP contribution in [0.3, 0.4) is 0 Å². The number of H-pyrrole nitrogens is 1. The van der Waals surface area contributed by atoms with Crippen LogP contribution in [0.5, 0.6) is 5.75 Å². The van der Waals surface area contributed by atoms with Gasteiger partial charge in [-0.3, -0.25) is 4.79 Å². The molecule has 1 aromatic carbocycles. The number of benzene rings is 1. The predicted molar refractivity (Wildman–Crippen MR) is 81.0 cm³/mol. The molecular weight excluding hydrogens is 252 g/mol. The maximum Gasteiger partial charge on any atom is 0.252 e. The molecule has 20 heavy (non-hydrogen) atoms. The van der Waals surface area contributed by atoms with Gasteiger partial charge in [0.2, 0.25) is 0 Å². The van der Waals surface area contributed by atoms with Gasteiger partial charge in [0.05, 0.1) is 6.61 Å². The van der Waals surface area contributed by atoms with E-state index in [-0.39, 0.29) is 5.56 Å². The quantitative estimate of drug-likeness (QED) is 0.849. The summed E-state index contributed by atoms with van der Waals surface area (Å²) < 4.78 is 5.40. The largest absolute Gasteiger partial charge is 0.494 e. The molecule has 4 nitrogen and oxygen atoms in total. The van der Waals surface area contributed by atoms with Crippen molar-refractivity contribution in [2.45, 2.75) is 20.4 Å². The molecule has 1 heterocycles. The lowest BCUT2D eigenvalue weighted by Gasteiger charge is -2.06. The molecule has 1 aromatic heterocycles. The molecule has 106 valence electrons. The third kappa shape index (κ3) is 3.48. The van der Waals surface area contributed by atoms with Crippen LogP contribution >= 0.6 is 0 Å². The zero-order chi connectivity index (χ0) is 14.4. The van der Waals surface area contributed by atoms with Gasteiger partial charge in [0.1, 0.15) is 5.75 Å². The molecular formula is C16H20N2O2. The highest BCUT2D eigenvalue weighted by molar-refractivity contribution is 5.60. The second-order valence-electron chi connectivity index (χ2n) is 4.46. The lowest BCUT2D eigenvalue weighted by molar-refractivity contribution is 0.340. The first-order valence-electron chi connectivity index (χ1n) is 6.90. The van der Waals surface area contributed by atoms with E-state index in [1.807, 2.05) is 50.2 Å². The first kappa shape index (κ1) is 14.3. The van der Waals surface area contributed by atoms with Crippen LogP contribution in [0.2, 0.25) is 0 Å². The van der Waals surface area contributed by atoms with E-state index in [0.29, 0.717) is 13.2 Å². The van der Waals surface area contributed by atoms with Gasteiger partial charge in [-0.2, -0.15) is 0 Å². The second-order valence-corrected chi connectivity index (χ2v) is 4.46. The highest BCUT2D eigenvalue weighted by atomic mass is 16.5. The van der Waals surface area contributed by atoms with E-state index >= 15 is 0 Å². The highest BCUT2D eigenvalue weighted by Crippen LogP contribution is 2.20. The van der Waals surface area contributed by atoms with Crippen molar-refractivity contribution >= 4 is 0 Å². The van der Waals surface area contributed by atoms with Crippen molar-refractivity contribution in [2.75, 3.05) is 13.2 Å². The van der Waals surface area contributed by atoms with Gasteiger partial charge in [-0.05, 0) is 49.4 Å². The molecule has 0 aliphatic carbocycles. The molecule has 0 aliphatic heterocycles. The molecule has 0 aliphatic rings. The zero-order valence-electron chi connectivity index (χ0n) is 11.9. The van der Waals surface area contributed by atoms with Crippen LogP contribution in [0.4, 0.5) is 0 Å². The smallest absolute Gasteiger partial charge is 0.252 e. The number of hydrogen-bond acceptors (Lipinski definition) is 3. The first-order valence-corrected chi connectivity index (χ1v) is 6.90. The van der Waals surface area contributed by atoms with Gasteiger partial charge in [0, 0.05) is 17.8 Å². The minimum atomic E-state index is -0.0441. The van der Waals surface area contributed by atoms with Crippen molar-refractivity contribution in [2.24, 2.45) is 0 Å². The molecule has 0 fully saturated rings. The second kappa shape index (κ2) is 6.91. The third-order valence-corrected chi connectivity index (χ3v) is 3.03. The average molecular weight is 272 g/mol. The Morgan fingerprint density at radius 2 is 1.85 bits per heavy atom. The minimum Gasteiger partial charge on any atom is -0.494 e. The lowest BCUT2D eigenvalue weighted by atomic mass is 10.1. The van der Waals surface area contributed by atoms with Crippen molar-refractivity contribution < 1.29 is 4.74 Å². The van der Waals surface area contributed by atoms with Gasteiger partial charge in [0.15, 0.2) is 0 Å². The van der Waals surface area contributed by atoms with Gasteiger partial charge in [-0.15, -0.1) is 0 Å². The van der Waals surface area contributed by atoms with Gasteiger partial charge in [-0.1, -0.05) is 13.0 Å². The summed E-state index contributed by atoms with van der Waals surface area (Å²) in [6, 6.07) is 11.5. The molecule has 0 saturated carbocycles. The van der Waals surface area contributed by atoms with E-state index in [9.17, 15) is 4.79 Å². The Balaban J connectivity index is 2.20. The van der Waals surface area contributed by atoms with Crippen LogP contribution in [0.1, 0.15) is 19.4 Å². The number of aromatic nitrogens is 1. The summed E-state index contributed by atoms with van der Waals surface area (Å²) in [7, 11) is 0. The molecule has 2 rings (SSSR count). The van der Waals surface area contributed by atoms with Crippen molar-refractivity contribution in [1.29, 1.82) is 0 Å².